The Kier molecular flexibility index (Phi) is 5.01. The minimum atomic E-state index is -0.330. The number of carbonyl (C=O) groups excluding carboxylic acids is 2. The first kappa shape index (κ1) is 16.7. The highest BCUT2D eigenvalue weighted by atomic mass is 32.1. The molecule has 2 aromatic rings. The standard InChI is InChI=1S/C17H20N2O4S/c1-11-9-14(18-16(21)13-3-2-8-23-13)24-15(11)17(22)19-6-4-12(10-20)5-7-19/h2-3,8-9,12,20H,4-7,10H2,1H3,(H,18,21). The van der Waals surface area contributed by atoms with Crippen molar-refractivity contribution in [3.8, 4) is 0 Å². The Bertz CT molecular complexity index is 715. The fraction of sp³-hybridized carbons (Fsp3) is 0.412. The fourth-order valence-electron chi connectivity index (χ4n) is 2.80. The Hall–Kier alpha value is -2.12. The number of hydrogen-bond donors (Lipinski definition) is 2. The van der Waals surface area contributed by atoms with Crippen LogP contribution in [0.3, 0.4) is 0 Å². The van der Waals surface area contributed by atoms with E-state index in [1.807, 2.05) is 11.8 Å². The number of anilines is 1. The minimum absolute atomic E-state index is 0.00705. The number of aliphatic hydroxyl groups excluding tert-OH is 1. The van der Waals surface area contributed by atoms with Crippen molar-refractivity contribution in [1.82, 2.24) is 4.90 Å². The molecule has 1 aliphatic rings. The zero-order chi connectivity index (χ0) is 17.1. The zero-order valence-corrected chi connectivity index (χ0v) is 14.3. The number of nitrogens with one attached hydrogen (secondary N) is 1. The Balaban J connectivity index is 1.67. The molecule has 2 N–H and O–H groups in total. The molecule has 0 aliphatic carbocycles. The van der Waals surface area contributed by atoms with Crippen LogP contribution in [0, 0.1) is 12.8 Å². The number of aryl methyl sites for hydroxylation is 1. The summed E-state index contributed by atoms with van der Waals surface area (Å²) in [5.41, 5.74) is 0.851. The van der Waals surface area contributed by atoms with Gasteiger partial charge >= 0.3 is 0 Å². The molecule has 24 heavy (non-hydrogen) atoms. The van der Waals surface area contributed by atoms with E-state index in [2.05, 4.69) is 5.32 Å². The normalized spacial score (nSPS) is 15.5. The van der Waals surface area contributed by atoms with Crippen LogP contribution >= 0.6 is 11.3 Å². The smallest absolute Gasteiger partial charge is 0.291 e. The number of nitrogens with zero attached hydrogens (tertiary/aromatic N) is 1. The van der Waals surface area contributed by atoms with Gasteiger partial charge in [-0.3, -0.25) is 9.59 Å². The molecule has 2 aromatic heterocycles. The van der Waals surface area contributed by atoms with Crippen LogP contribution in [-0.2, 0) is 0 Å². The summed E-state index contributed by atoms with van der Waals surface area (Å²) in [6.45, 7) is 3.38. The summed E-state index contributed by atoms with van der Waals surface area (Å²) < 4.78 is 5.06. The maximum absolute atomic E-state index is 12.7. The number of aliphatic hydroxyl groups is 1. The number of hydrogen-bond acceptors (Lipinski definition) is 5. The minimum Gasteiger partial charge on any atom is -0.459 e. The van der Waals surface area contributed by atoms with Gasteiger partial charge in [0, 0.05) is 19.7 Å². The molecule has 1 saturated heterocycles. The Morgan fingerprint density at radius 2 is 2.17 bits per heavy atom. The highest BCUT2D eigenvalue weighted by Gasteiger charge is 2.25. The van der Waals surface area contributed by atoms with Gasteiger partial charge in [-0.25, -0.2) is 0 Å². The molecule has 128 valence electrons. The summed E-state index contributed by atoms with van der Waals surface area (Å²) in [5, 5.41) is 12.6. The molecule has 0 radical (unpaired) electrons. The van der Waals surface area contributed by atoms with E-state index in [9.17, 15) is 14.7 Å². The first-order valence-electron chi connectivity index (χ1n) is 7.94. The fourth-order valence-corrected chi connectivity index (χ4v) is 3.84. The summed E-state index contributed by atoms with van der Waals surface area (Å²) in [7, 11) is 0. The lowest BCUT2D eigenvalue weighted by Crippen LogP contribution is -2.39. The summed E-state index contributed by atoms with van der Waals surface area (Å²) >= 11 is 1.28. The van der Waals surface area contributed by atoms with Crippen LogP contribution in [0.2, 0.25) is 0 Å². The first-order chi connectivity index (χ1) is 11.6. The summed E-state index contributed by atoms with van der Waals surface area (Å²) in [6.07, 6.45) is 3.10. The molecule has 0 saturated carbocycles. The summed E-state index contributed by atoms with van der Waals surface area (Å²) in [5.74, 6) is 0.193. The lowest BCUT2D eigenvalue weighted by molar-refractivity contribution is 0.0655. The van der Waals surface area contributed by atoms with Crippen LogP contribution in [0.1, 0.15) is 38.6 Å². The van der Waals surface area contributed by atoms with Gasteiger partial charge in [0.1, 0.15) is 0 Å². The lowest BCUT2D eigenvalue weighted by Gasteiger charge is -2.31. The van der Waals surface area contributed by atoms with Gasteiger partial charge in [-0.2, -0.15) is 0 Å². The van der Waals surface area contributed by atoms with Crippen molar-refractivity contribution in [2.45, 2.75) is 19.8 Å². The SMILES string of the molecule is Cc1cc(NC(=O)c2ccco2)sc1C(=O)N1CCC(CO)CC1. The number of rotatable bonds is 4. The van der Waals surface area contributed by atoms with Crippen LogP contribution < -0.4 is 5.32 Å². The van der Waals surface area contributed by atoms with Crippen LogP contribution in [0.5, 0.6) is 0 Å². The first-order valence-corrected chi connectivity index (χ1v) is 8.75. The third kappa shape index (κ3) is 3.52. The van der Waals surface area contributed by atoms with Crippen LogP contribution in [0.15, 0.2) is 28.9 Å². The predicted molar refractivity (Wildman–Crippen MR) is 91.4 cm³/mol. The van der Waals surface area contributed by atoms with Crippen molar-refractivity contribution in [1.29, 1.82) is 0 Å². The molecule has 7 heteroatoms. The molecule has 6 nitrogen and oxygen atoms in total. The number of carbonyl (C=O) groups is 2. The molecule has 1 fully saturated rings. The highest BCUT2D eigenvalue weighted by Crippen LogP contribution is 2.29. The van der Waals surface area contributed by atoms with Gasteiger partial charge in [0.2, 0.25) is 0 Å². The van der Waals surface area contributed by atoms with E-state index in [0.717, 1.165) is 18.4 Å². The molecule has 0 spiro atoms. The maximum Gasteiger partial charge on any atom is 0.291 e. The molecule has 2 amide bonds. The molecule has 0 bridgehead atoms. The van der Waals surface area contributed by atoms with Gasteiger partial charge in [0.15, 0.2) is 5.76 Å². The average molecular weight is 348 g/mol. The molecular formula is C17H20N2O4S. The van der Waals surface area contributed by atoms with E-state index in [-0.39, 0.29) is 24.2 Å². The van der Waals surface area contributed by atoms with Gasteiger partial charge in [-0.05, 0) is 49.4 Å². The van der Waals surface area contributed by atoms with E-state index in [1.165, 1.54) is 17.6 Å². The third-order valence-corrected chi connectivity index (χ3v) is 5.39. The molecule has 0 atom stereocenters. The molecule has 3 heterocycles. The largest absolute Gasteiger partial charge is 0.459 e. The lowest BCUT2D eigenvalue weighted by atomic mass is 9.98. The number of thiophene rings is 1. The second-order valence-electron chi connectivity index (χ2n) is 5.97. The van der Waals surface area contributed by atoms with Crippen molar-refractivity contribution < 1.29 is 19.1 Å². The molecular weight excluding hydrogens is 328 g/mol. The Morgan fingerprint density at radius 3 is 2.79 bits per heavy atom. The Morgan fingerprint density at radius 1 is 1.42 bits per heavy atom. The molecule has 1 aliphatic heterocycles. The van der Waals surface area contributed by atoms with E-state index >= 15 is 0 Å². The van der Waals surface area contributed by atoms with E-state index in [0.29, 0.717) is 28.9 Å². The van der Waals surface area contributed by atoms with Gasteiger partial charge < -0.3 is 19.7 Å². The topological polar surface area (TPSA) is 82.8 Å². The maximum atomic E-state index is 12.7. The van der Waals surface area contributed by atoms with Crippen molar-refractivity contribution in [2.24, 2.45) is 5.92 Å². The zero-order valence-electron chi connectivity index (χ0n) is 13.4. The van der Waals surface area contributed by atoms with Crippen LogP contribution in [0.4, 0.5) is 5.00 Å². The van der Waals surface area contributed by atoms with Gasteiger partial charge in [0.05, 0.1) is 16.1 Å². The summed E-state index contributed by atoms with van der Waals surface area (Å²) in [4.78, 5) is 27.2. The van der Waals surface area contributed by atoms with Gasteiger partial charge in [-0.1, -0.05) is 0 Å². The number of piperidine rings is 1. The number of likely N-dealkylation sites (tertiary alicyclic amines) is 1. The molecule has 0 aromatic carbocycles. The number of amides is 2. The van der Waals surface area contributed by atoms with Crippen molar-refractivity contribution in [3.05, 3.63) is 40.7 Å². The average Bonchev–Trinajstić information content (AvgIpc) is 3.24. The highest BCUT2D eigenvalue weighted by molar-refractivity contribution is 7.18. The van der Waals surface area contributed by atoms with Crippen molar-refractivity contribution in [2.75, 3.05) is 25.0 Å². The monoisotopic (exact) mass is 348 g/mol. The second-order valence-corrected chi connectivity index (χ2v) is 7.02. The Labute approximate surface area is 144 Å². The van der Waals surface area contributed by atoms with Gasteiger partial charge in [0.25, 0.3) is 11.8 Å². The van der Waals surface area contributed by atoms with Crippen LogP contribution in [0.25, 0.3) is 0 Å². The van der Waals surface area contributed by atoms with Crippen LogP contribution in [-0.4, -0.2) is 41.5 Å². The quantitative estimate of drug-likeness (QED) is 0.890. The predicted octanol–water partition coefficient (Wildman–Crippen LogP) is 2.75. The summed E-state index contributed by atoms with van der Waals surface area (Å²) in [6, 6.07) is 5.05. The second kappa shape index (κ2) is 7.19. The van der Waals surface area contributed by atoms with Crippen molar-refractivity contribution >= 4 is 28.2 Å². The van der Waals surface area contributed by atoms with E-state index in [4.69, 9.17) is 4.42 Å². The molecule has 0 unspecified atom stereocenters. The van der Waals surface area contributed by atoms with E-state index < -0.39 is 0 Å². The van der Waals surface area contributed by atoms with Gasteiger partial charge in [-0.15, -0.1) is 11.3 Å². The number of furan rings is 1. The molecule has 3 rings (SSSR count). The third-order valence-electron chi connectivity index (χ3n) is 4.25. The van der Waals surface area contributed by atoms with E-state index in [1.54, 1.807) is 18.2 Å². The van der Waals surface area contributed by atoms with Crippen molar-refractivity contribution in [3.63, 3.8) is 0 Å².